The average molecular weight is 857 g/mol. The van der Waals surface area contributed by atoms with Gasteiger partial charge in [0.05, 0.1) is 5.41 Å². The van der Waals surface area contributed by atoms with Crippen molar-refractivity contribution in [2.75, 3.05) is 9.80 Å². The maximum absolute atomic E-state index is 2.45. The van der Waals surface area contributed by atoms with Crippen molar-refractivity contribution in [3.8, 4) is 22.3 Å². The molecule has 1 atom stereocenters. The van der Waals surface area contributed by atoms with E-state index in [2.05, 4.69) is 277 Å². The summed E-state index contributed by atoms with van der Waals surface area (Å²) in [4.78, 5) is 4.65. The van der Waals surface area contributed by atoms with Crippen LogP contribution in [0.1, 0.15) is 57.3 Å². The van der Waals surface area contributed by atoms with Gasteiger partial charge in [-0.05, 0) is 158 Å². The quantitative estimate of drug-likeness (QED) is 0.126. The Labute approximate surface area is 394 Å². The highest BCUT2D eigenvalue weighted by molar-refractivity contribution is 5.96. The van der Waals surface area contributed by atoms with Crippen LogP contribution in [0.5, 0.6) is 0 Å². The zero-order valence-electron chi connectivity index (χ0n) is 37.2. The molecule has 2 nitrogen and oxygen atoms in total. The van der Waals surface area contributed by atoms with Crippen LogP contribution in [-0.2, 0) is 5.41 Å². The highest BCUT2D eigenvalue weighted by atomic mass is 15.1. The van der Waals surface area contributed by atoms with Gasteiger partial charge in [0.1, 0.15) is 0 Å². The molecular formula is C65H48N2. The highest BCUT2D eigenvalue weighted by Gasteiger charge is 2.51. The van der Waals surface area contributed by atoms with Gasteiger partial charge in [0, 0.05) is 34.1 Å². The first-order valence-electron chi connectivity index (χ1n) is 23.4. The molecule has 0 saturated heterocycles. The van der Waals surface area contributed by atoms with E-state index in [0.717, 1.165) is 52.4 Å². The largest absolute Gasteiger partial charge is 0.311 e. The molecule has 2 heteroatoms. The normalized spacial score (nSPS) is 15.3. The number of benzene rings is 9. The second-order valence-electron chi connectivity index (χ2n) is 17.6. The lowest BCUT2D eigenvalue weighted by Crippen LogP contribution is -2.26. The number of rotatable bonds is 10. The summed E-state index contributed by atoms with van der Waals surface area (Å²) in [5.41, 5.74) is 21.7. The molecule has 0 radical (unpaired) electrons. The lowest BCUT2D eigenvalue weighted by Gasteiger charge is -2.30. The number of hydrogen-bond donors (Lipinski definition) is 0. The predicted octanol–water partition coefficient (Wildman–Crippen LogP) is 17.2. The van der Waals surface area contributed by atoms with Crippen molar-refractivity contribution in [2.24, 2.45) is 0 Å². The van der Waals surface area contributed by atoms with E-state index in [0.29, 0.717) is 0 Å². The second-order valence-corrected chi connectivity index (χ2v) is 17.6. The second kappa shape index (κ2) is 17.2. The summed E-state index contributed by atoms with van der Waals surface area (Å²) < 4.78 is 0. The molecule has 0 amide bonds. The van der Waals surface area contributed by atoms with Gasteiger partial charge in [-0.3, -0.25) is 0 Å². The van der Waals surface area contributed by atoms with Crippen LogP contribution in [-0.4, -0.2) is 0 Å². The van der Waals surface area contributed by atoms with Crippen LogP contribution in [0.25, 0.3) is 46.6 Å². The Morgan fingerprint density at radius 1 is 0.313 bits per heavy atom. The average Bonchev–Trinajstić information content (AvgIpc) is 3.86. The third-order valence-corrected chi connectivity index (χ3v) is 13.7. The number of anilines is 5. The molecule has 318 valence electrons. The Bertz CT molecular complexity index is 3330. The third-order valence-electron chi connectivity index (χ3n) is 13.7. The highest BCUT2D eigenvalue weighted by Crippen LogP contribution is 2.63. The van der Waals surface area contributed by atoms with Gasteiger partial charge in [-0.25, -0.2) is 0 Å². The smallest absolute Gasteiger partial charge is 0.0725 e. The zero-order valence-corrected chi connectivity index (χ0v) is 37.2. The summed E-state index contributed by atoms with van der Waals surface area (Å²) in [5.74, 6) is 0. The molecule has 9 aromatic rings. The minimum absolute atomic E-state index is 0.448. The van der Waals surface area contributed by atoms with Crippen molar-refractivity contribution in [3.05, 3.63) is 293 Å². The summed E-state index contributed by atoms with van der Waals surface area (Å²) in [6.45, 7) is 0. The van der Waals surface area contributed by atoms with Crippen molar-refractivity contribution in [3.63, 3.8) is 0 Å². The Morgan fingerprint density at radius 2 is 0.687 bits per heavy atom. The first-order valence-corrected chi connectivity index (χ1v) is 23.4. The number of para-hydroxylation sites is 3. The molecule has 9 aromatic carbocycles. The summed E-state index contributed by atoms with van der Waals surface area (Å²) in [7, 11) is 0. The van der Waals surface area contributed by atoms with E-state index >= 15 is 0 Å². The molecule has 3 aliphatic rings. The Morgan fingerprint density at radius 3 is 1.15 bits per heavy atom. The van der Waals surface area contributed by atoms with Crippen LogP contribution in [0.2, 0.25) is 0 Å². The number of fused-ring (bicyclic) bond motifs is 10. The van der Waals surface area contributed by atoms with Crippen LogP contribution in [0.3, 0.4) is 0 Å². The van der Waals surface area contributed by atoms with E-state index in [4.69, 9.17) is 0 Å². The molecule has 0 aromatic heterocycles. The van der Waals surface area contributed by atoms with Gasteiger partial charge in [0.15, 0.2) is 0 Å². The molecule has 3 aliphatic carbocycles. The first-order chi connectivity index (χ1) is 33.2. The number of allylic oxidation sites excluding steroid dienone is 3. The van der Waals surface area contributed by atoms with E-state index in [-0.39, 0.29) is 0 Å². The summed E-state index contributed by atoms with van der Waals surface area (Å²) >= 11 is 0. The van der Waals surface area contributed by atoms with Crippen LogP contribution in [0.4, 0.5) is 28.4 Å². The van der Waals surface area contributed by atoms with Crippen molar-refractivity contribution in [2.45, 2.75) is 18.3 Å². The van der Waals surface area contributed by atoms with Crippen molar-refractivity contribution < 1.29 is 0 Å². The Kier molecular flexibility index (Phi) is 10.3. The molecule has 12 rings (SSSR count). The van der Waals surface area contributed by atoms with Gasteiger partial charge >= 0.3 is 0 Å². The molecule has 0 bridgehead atoms. The van der Waals surface area contributed by atoms with Crippen LogP contribution in [0, 0.1) is 0 Å². The van der Waals surface area contributed by atoms with Gasteiger partial charge in [-0.15, -0.1) is 0 Å². The minimum atomic E-state index is -0.448. The molecule has 0 saturated carbocycles. The van der Waals surface area contributed by atoms with E-state index < -0.39 is 5.41 Å². The predicted molar refractivity (Wildman–Crippen MR) is 283 cm³/mol. The monoisotopic (exact) mass is 856 g/mol. The van der Waals surface area contributed by atoms with Crippen LogP contribution in [0.15, 0.2) is 248 Å². The van der Waals surface area contributed by atoms with E-state index in [1.807, 2.05) is 0 Å². The molecular weight excluding hydrogens is 809 g/mol. The molecule has 1 spiro atoms. The standard InChI is InChI=1S/C65H48N2/c1-5-17-51(18-6-1)66(52-19-7-2-8-20-52)55-39-33-47(34-40-55)29-31-49-37-43-59-57-25-13-15-27-61(57)65(63(59)45-49)62-28-16-14-26-58(62)60-44-38-50(46-64(60)65)32-30-48-35-41-56(42-36-48)67(53-21-9-3-10-22-53)54-23-11-4-12-24-54/h1-3,5-11,13-46H,4,12H2/b31-29+,32-30+. The number of nitrogens with zero attached hydrogens (tertiary/aromatic N) is 2. The van der Waals surface area contributed by atoms with Crippen molar-refractivity contribution in [1.82, 2.24) is 0 Å². The Hall–Kier alpha value is -8.46. The molecule has 0 N–H and O–H groups in total. The summed E-state index contributed by atoms with van der Waals surface area (Å²) in [6, 6.07) is 81.9. The fourth-order valence-electron chi connectivity index (χ4n) is 10.6. The fourth-order valence-corrected chi connectivity index (χ4v) is 10.6. The van der Waals surface area contributed by atoms with Gasteiger partial charge in [0.2, 0.25) is 0 Å². The minimum Gasteiger partial charge on any atom is -0.311 e. The maximum atomic E-state index is 2.45. The fraction of sp³-hybridized carbons (Fsp3) is 0.0462. The molecule has 0 fully saturated rings. The lowest BCUT2D eigenvalue weighted by atomic mass is 9.70. The maximum Gasteiger partial charge on any atom is 0.0725 e. The molecule has 1 unspecified atom stereocenters. The van der Waals surface area contributed by atoms with Crippen molar-refractivity contribution in [1.29, 1.82) is 0 Å². The molecule has 0 heterocycles. The van der Waals surface area contributed by atoms with Crippen LogP contribution < -0.4 is 9.80 Å². The van der Waals surface area contributed by atoms with Gasteiger partial charge < -0.3 is 9.80 Å². The molecule has 0 aliphatic heterocycles. The lowest BCUT2D eigenvalue weighted by molar-refractivity contribution is 0.793. The summed E-state index contributed by atoms with van der Waals surface area (Å²) in [5, 5.41) is 0. The zero-order chi connectivity index (χ0) is 44.6. The summed E-state index contributed by atoms with van der Waals surface area (Å²) in [6.07, 6.45) is 18.0. The topological polar surface area (TPSA) is 6.48 Å². The van der Waals surface area contributed by atoms with E-state index in [1.54, 1.807) is 0 Å². The third kappa shape index (κ3) is 7.15. The van der Waals surface area contributed by atoms with E-state index in [9.17, 15) is 0 Å². The van der Waals surface area contributed by atoms with Crippen molar-refractivity contribution >= 4 is 52.7 Å². The van der Waals surface area contributed by atoms with E-state index in [1.165, 1.54) is 61.3 Å². The Balaban J connectivity index is 0.885. The van der Waals surface area contributed by atoms with Crippen LogP contribution >= 0.6 is 0 Å². The first kappa shape index (κ1) is 40.1. The SMILES string of the molecule is C1=CC(N(c2ccccc2)c2ccc(/C=C/c3ccc4c(c3)C3(c5ccccc5-4)c4ccccc4-c4ccc(/C=C/c5ccc(N(c6ccccc6)c6ccccc6)cc5)cc43)cc2)=CCC1. The van der Waals surface area contributed by atoms with Gasteiger partial charge in [-0.2, -0.15) is 0 Å². The van der Waals surface area contributed by atoms with Gasteiger partial charge in [-0.1, -0.05) is 188 Å². The van der Waals surface area contributed by atoms with Gasteiger partial charge in [0.25, 0.3) is 0 Å². The molecule has 67 heavy (non-hydrogen) atoms. The number of hydrogen-bond acceptors (Lipinski definition) is 2.